The van der Waals surface area contributed by atoms with Gasteiger partial charge < -0.3 is 9.05 Å². The van der Waals surface area contributed by atoms with E-state index in [1.165, 1.54) is 0 Å². The highest BCUT2D eigenvalue weighted by Crippen LogP contribution is 2.46. The van der Waals surface area contributed by atoms with E-state index >= 15 is 0 Å². The van der Waals surface area contributed by atoms with Gasteiger partial charge in [-0.3, -0.25) is 4.79 Å². The fourth-order valence-corrected chi connectivity index (χ4v) is 4.14. The van der Waals surface area contributed by atoms with Crippen LogP contribution in [-0.4, -0.2) is 41.9 Å². The van der Waals surface area contributed by atoms with E-state index in [-0.39, 0.29) is 18.5 Å². The standard InChI is InChI=1S/C18H32F3N2O3P/c1-15(2)23(16(3)4)27(26-14-10-12-22)25-13-9-7-5-6-8-11-17(24)18(19,20)21/h15-16H,5-11,13-14H2,1-4H3. The second-order valence-electron chi connectivity index (χ2n) is 6.82. The van der Waals surface area contributed by atoms with Gasteiger partial charge in [0.2, 0.25) is 5.78 Å². The molecule has 158 valence electrons. The number of hydrogen-bond acceptors (Lipinski definition) is 5. The van der Waals surface area contributed by atoms with Crippen LogP contribution in [0.5, 0.6) is 0 Å². The molecule has 1 atom stereocenters. The molecule has 0 rings (SSSR count). The minimum atomic E-state index is -4.71. The largest absolute Gasteiger partial charge is 0.449 e. The molecule has 0 aromatic rings. The highest BCUT2D eigenvalue weighted by molar-refractivity contribution is 7.44. The van der Waals surface area contributed by atoms with Crippen LogP contribution in [0.4, 0.5) is 13.2 Å². The monoisotopic (exact) mass is 412 g/mol. The number of nitrogens with zero attached hydrogens (tertiary/aromatic N) is 2. The van der Waals surface area contributed by atoms with Gasteiger partial charge in [0.15, 0.2) is 0 Å². The summed E-state index contributed by atoms with van der Waals surface area (Å²) in [5, 5.41) is 8.67. The summed E-state index contributed by atoms with van der Waals surface area (Å²) in [6.45, 7) is 9.08. The molecule has 0 aromatic heterocycles. The molecule has 0 heterocycles. The fraction of sp³-hybridized carbons (Fsp3) is 0.889. The Hall–Kier alpha value is -0.740. The second-order valence-corrected chi connectivity index (χ2v) is 8.27. The van der Waals surface area contributed by atoms with Crippen molar-refractivity contribution in [1.82, 2.24) is 4.67 Å². The number of carbonyl (C=O) groups excluding carboxylic acids is 1. The Kier molecular flexibility index (Phi) is 13.9. The number of alkyl halides is 3. The Morgan fingerprint density at radius 1 is 1.00 bits per heavy atom. The molecule has 9 heteroatoms. The number of ketones is 1. The normalized spacial score (nSPS) is 13.4. The van der Waals surface area contributed by atoms with Crippen molar-refractivity contribution in [3.8, 4) is 6.07 Å². The molecule has 5 nitrogen and oxygen atoms in total. The third kappa shape index (κ3) is 12.4. The molecule has 0 saturated carbocycles. The van der Waals surface area contributed by atoms with Crippen LogP contribution in [0.15, 0.2) is 0 Å². The third-order valence-electron chi connectivity index (χ3n) is 3.73. The summed E-state index contributed by atoms with van der Waals surface area (Å²) >= 11 is 0. The maximum Gasteiger partial charge on any atom is 0.449 e. The molecular formula is C18H32F3N2O3P. The first-order chi connectivity index (χ1) is 12.6. The number of Topliss-reactive ketones (excluding diaryl/α,β-unsaturated/α-hetero) is 1. The summed E-state index contributed by atoms with van der Waals surface area (Å²) in [5.74, 6) is -1.64. The molecule has 0 fully saturated rings. The quantitative estimate of drug-likeness (QED) is 0.253. The van der Waals surface area contributed by atoms with Gasteiger partial charge in [0, 0.05) is 18.5 Å². The zero-order valence-electron chi connectivity index (χ0n) is 16.7. The predicted molar refractivity (Wildman–Crippen MR) is 99.9 cm³/mol. The highest BCUT2D eigenvalue weighted by atomic mass is 31.2. The number of unbranched alkanes of at least 4 members (excludes halogenated alkanes) is 4. The van der Waals surface area contributed by atoms with E-state index in [4.69, 9.17) is 14.3 Å². The van der Waals surface area contributed by atoms with Gasteiger partial charge in [-0.2, -0.15) is 18.4 Å². The number of nitriles is 1. The van der Waals surface area contributed by atoms with Crippen LogP contribution in [0.3, 0.4) is 0 Å². The topological polar surface area (TPSA) is 62.6 Å². The summed E-state index contributed by atoms with van der Waals surface area (Å²) in [6, 6.07) is 2.53. The average Bonchev–Trinajstić information content (AvgIpc) is 2.55. The molecule has 0 aromatic carbocycles. The minimum Gasteiger partial charge on any atom is -0.322 e. The smallest absolute Gasteiger partial charge is 0.322 e. The van der Waals surface area contributed by atoms with Crippen molar-refractivity contribution in [2.24, 2.45) is 0 Å². The van der Waals surface area contributed by atoms with Crippen molar-refractivity contribution < 1.29 is 27.0 Å². The van der Waals surface area contributed by atoms with Crippen LogP contribution in [0.1, 0.15) is 72.6 Å². The van der Waals surface area contributed by atoms with Gasteiger partial charge in [0.1, 0.15) is 0 Å². The zero-order chi connectivity index (χ0) is 20.9. The Bertz CT molecular complexity index is 446. The second kappa shape index (κ2) is 14.3. The summed E-state index contributed by atoms with van der Waals surface area (Å²) in [4.78, 5) is 10.8. The van der Waals surface area contributed by atoms with Crippen molar-refractivity contribution in [3.63, 3.8) is 0 Å². The van der Waals surface area contributed by atoms with E-state index in [2.05, 4.69) is 38.4 Å². The molecule has 27 heavy (non-hydrogen) atoms. The first kappa shape index (κ1) is 26.3. The zero-order valence-corrected chi connectivity index (χ0v) is 17.6. The van der Waals surface area contributed by atoms with Crippen LogP contribution in [-0.2, 0) is 13.8 Å². The van der Waals surface area contributed by atoms with Crippen molar-refractivity contribution in [2.45, 2.75) is 90.9 Å². The number of carbonyl (C=O) groups is 1. The predicted octanol–water partition coefficient (Wildman–Crippen LogP) is 5.75. The van der Waals surface area contributed by atoms with Crippen molar-refractivity contribution in [3.05, 3.63) is 0 Å². The molecule has 1 unspecified atom stereocenters. The lowest BCUT2D eigenvalue weighted by molar-refractivity contribution is -0.171. The van der Waals surface area contributed by atoms with Crippen LogP contribution in [0.2, 0.25) is 0 Å². The minimum absolute atomic E-state index is 0.240. The fourth-order valence-electron chi connectivity index (χ4n) is 2.52. The molecule has 0 aliphatic carbocycles. The lowest BCUT2D eigenvalue weighted by Gasteiger charge is -2.35. The van der Waals surface area contributed by atoms with Gasteiger partial charge in [-0.1, -0.05) is 19.3 Å². The van der Waals surface area contributed by atoms with Crippen LogP contribution in [0.25, 0.3) is 0 Å². The summed E-state index contributed by atoms with van der Waals surface area (Å²) in [5.41, 5.74) is 0. The number of halogens is 3. The van der Waals surface area contributed by atoms with Crippen molar-refractivity contribution in [2.75, 3.05) is 13.2 Å². The van der Waals surface area contributed by atoms with Gasteiger partial charge in [-0.05, 0) is 40.5 Å². The van der Waals surface area contributed by atoms with Crippen molar-refractivity contribution >= 4 is 14.3 Å². The Morgan fingerprint density at radius 2 is 1.52 bits per heavy atom. The van der Waals surface area contributed by atoms with Crippen LogP contribution >= 0.6 is 8.53 Å². The average molecular weight is 412 g/mol. The molecule has 0 aliphatic rings. The third-order valence-corrected chi connectivity index (χ3v) is 5.84. The highest BCUT2D eigenvalue weighted by Gasteiger charge is 2.37. The first-order valence-corrected chi connectivity index (χ1v) is 10.6. The maximum atomic E-state index is 12.1. The van der Waals surface area contributed by atoms with Crippen LogP contribution < -0.4 is 0 Å². The van der Waals surface area contributed by atoms with Gasteiger partial charge in [-0.25, -0.2) is 4.67 Å². The van der Waals surface area contributed by atoms with Crippen molar-refractivity contribution in [1.29, 1.82) is 5.26 Å². The Morgan fingerprint density at radius 3 is 2.04 bits per heavy atom. The molecule has 0 amide bonds. The molecule has 0 radical (unpaired) electrons. The van der Waals surface area contributed by atoms with E-state index in [1.54, 1.807) is 0 Å². The van der Waals surface area contributed by atoms with Crippen LogP contribution in [0, 0.1) is 11.3 Å². The van der Waals surface area contributed by atoms with E-state index in [1.807, 2.05) is 0 Å². The number of hydrogen-bond donors (Lipinski definition) is 0. The van der Waals surface area contributed by atoms with Gasteiger partial charge in [0.25, 0.3) is 8.53 Å². The lowest BCUT2D eigenvalue weighted by atomic mass is 10.1. The molecule has 0 aliphatic heterocycles. The molecule has 0 saturated heterocycles. The van der Waals surface area contributed by atoms with E-state index in [0.717, 1.165) is 19.3 Å². The Balaban J connectivity index is 4.12. The SMILES string of the molecule is CC(C)N(C(C)C)P(OCCC#N)OCCCCCCCC(=O)C(F)(F)F. The van der Waals surface area contributed by atoms with E-state index in [0.29, 0.717) is 26.1 Å². The van der Waals surface area contributed by atoms with Gasteiger partial charge in [-0.15, -0.1) is 0 Å². The van der Waals surface area contributed by atoms with E-state index in [9.17, 15) is 18.0 Å². The molecule has 0 bridgehead atoms. The first-order valence-electron chi connectivity index (χ1n) is 9.42. The molecular weight excluding hydrogens is 380 g/mol. The molecule has 0 spiro atoms. The van der Waals surface area contributed by atoms with Gasteiger partial charge >= 0.3 is 6.18 Å². The van der Waals surface area contributed by atoms with Gasteiger partial charge in [0.05, 0.1) is 25.7 Å². The number of rotatable bonds is 15. The molecule has 0 N–H and O–H groups in total. The Labute approximate surface area is 162 Å². The lowest BCUT2D eigenvalue weighted by Crippen LogP contribution is -2.33. The van der Waals surface area contributed by atoms with E-state index < -0.39 is 26.9 Å². The summed E-state index contributed by atoms with van der Waals surface area (Å²) in [7, 11) is -1.25. The summed E-state index contributed by atoms with van der Waals surface area (Å²) in [6.07, 6.45) is -1.62. The summed E-state index contributed by atoms with van der Waals surface area (Å²) < 4.78 is 50.1. The maximum absolute atomic E-state index is 12.1.